The number of hydrogen-bond acceptors (Lipinski definition) is 6. The van der Waals surface area contributed by atoms with E-state index in [1.807, 2.05) is 35.1 Å². The number of rotatable bonds is 7. The van der Waals surface area contributed by atoms with Crippen LogP contribution in [0.3, 0.4) is 0 Å². The molecule has 1 atom stereocenters. The topological polar surface area (TPSA) is 114 Å². The number of fused-ring (bicyclic) bond motifs is 1. The third-order valence-corrected chi connectivity index (χ3v) is 7.29. The van der Waals surface area contributed by atoms with E-state index in [-0.39, 0.29) is 18.1 Å². The van der Waals surface area contributed by atoms with E-state index in [0.717, 1.165) is 11.1 Å². The second kappa shape index (κ2) is 10.3. The number of carbonyl (C=O) groups is 2. The SMILES string of the molecule is Cc1ccc(C)c(S(=O)(=O)NC(=O)NC(Cc2ccccc2)C(=O)N(C)c2ccc3c(c2)OCO3)c1. The third kappa shape index (κ3) is 5.60. The lowest BCUT2D eigenvalue weighted by Gasteiger charge is -2.25. The normalized spacial score (nSPS) is 13.1. The second-order valence-electron chi connectivity index (χ2n) is 8.53. The van der Waals surface area contributed by atoms with Crippen LogP contribution in [0.2, 0.25) is 0 Å². The molecule has 0 aromatic heterocycles. The lowest BCUT2D eigenvalue weighted by molar-refractivity contribution is -0.120. The molecule has 0 spiro atoms. The lowest BCUT2D eigenvalue weighted by Crippen LogP contribution is -2.52. The van der Waals surface area contributed by atoms with Gasteiger partial charge in [0.25, 0.3) is 10.0 Å². The molecule has 0 bridgehead atoms. The van der Waals surface area contributed by atoms with Gasteiger partial charge in [0.1, 0.15) is 6.04 Å². The lowest BCUT2D eigenvalue weighted by atomic mass is 10.0. The van der Waals surface area contributed by atoms with Crippen LogP contribution in [-0.2, 0) is 21.2 Å². The number of hydrogen-bond donors (Lipinski definition) is 2. The molecule has 3 aromatic rings. The van der Waals surface area contributed by atoms with Crippen molar-refractivity contribution in [1.82, 2.24) is 10.0 Å². The van der Waals surface area contributed by atoms with E-state index in [2.05, 4.69) is 5.32 Å². The number of ether oxygens (including phenoxy) is 2. The van der Waals surface area contributed by atoms with Gasteiger partial charge in [-0.25, -0.2) is 17.9 Å². The summed E-state index contributed by atoms with van der Waals surface area (Å²) in [4.78, 5) is 27.7. The van der Waals surface area contributed by atoms with Gasteiger partial charge in [-0.05, 0) is 48.7 Å². The van der Waals surface area contributed by atoms with Gasteiger partial charge in [0.2, 0.25) is 12.7 Å². The van der Waals surface area contributed by atoms with Crippen LogP contribution in [0.1, 0.15) is 16.7 Å². The Bertz CT molecular complexity index is 1390. The average Bonchev–Trinajstić information content (AvgIpc) is 3.32. The highest BCUT2D eigenvalue weighted by atomic mass is 32.2. The maximum Gasteiger partial charge on any atom is 0.329 e. The number of nitrogens with zero attached hydrogens (tertiary/aromatic N) is 1. The van der Waals surface area contributed by atoms with Gasteiger partial charge in [-0.3, -0.25) is 4.79 Å². The van der Waals surface area contributed by atoms with Crippen LogP contribution in [0.5, 0.6) is 11.5 Å². The van der Waals surface area contributed by atoms with Crippen molar-refractivity contribution in [2.24, 2.45) is 0 Å². The van der Waals surface area contributed by atoms with Gasteiger partial charge in [0.15, 0.2) is 11.5 Å². The minimum Gasteiger partial charge on any atom is -0.454 e. The number of anilines is 1. The first-order chi connectivity index (χ1) is 17.1. The highest BCUT2D eigenvalue weighted by Crippen LogP contribution is 2.35. The number of sulfonamides is 1. The monoisotopic (exact) mass is 509 g/mol. The molecule has 188 valence electrons. The quantitative estimate of drug-likeness (QED) is 0.505. The Hall–Kier alpha value is -4.05. The molecule has 3 aromatic carbocycles. The molecule has 0 fully saturated rings. The van der Waals surface area contributed by atoms with E-state index in [0.29, 0.717) is 22.7 Å². The van der Waals surface area contributed by atoms with E-state index in [4.69, 9.17) is 9.47 Å². The van der Waals surface area contributed by atoms with Crippen LogP contribution in [-0.4, -0.2) is 40.2 Å². The maximum atomic E-state index is 13.5. The predicted octanol–water partition coefficient (Wildman–Crippen LogP) is 3.29. The number of likely N-dealkylation sites (N-methyl/N-ethyl adjacent to an activating group) is 1. The van der Waals surface area contributed by atoms with Crippen LogP contribution < -0.4 is 24.4 Å². The highest BCUT2D eigenvalue weighted by Gasteiger charge is 2.28. The summed E-state index contributed by atoms with van der Waals surface area (Å²) in [5.41, 5.74) is 2.57. The van der Waals surface area contributed by atoms with Gasteiger partial charge in [0, 0.05) is 25.2 Å². The van der Waals surface area contributed by atoms with Crippen LogP contribution in [0, 0.1) is 13.8 Å². The number of benzene rings is 3. The first kappa shape index (κ1) is 25.1. The molecular weight excluding hydrogens is 482 g/mol. The fourth-order valence-electron chi connectivity index (χ4n) is 3.87. The predicted molar refractivity (Wildman–Crippen MR) is 135 cm³/mol. The van der Waals surface area contributed by atoms with E-state index >= 15 is 0 Å². The van der Waals surface area contributed by atoms with Crippen molar-refractivity contribution in [3.63, 3.8) is 0 Å². The highest BCUT2D eigenvalue weighted by molar-refractivity contribution is 7.90. The Kier molecular flexibility index (Phi) is 7.16. The molecule has 10 heteroatoms. The van der Waals surface area contributed by atoms with Crippen LogP contribution in [0.25, 0.3) is 0 Å². The van der Waals surface area contributed by atoms with Crippen LogP contribution in [0.4, 0.5) is 10.5 Å². The number of aryl methyl sites for hydroxylation is 2. The zero-order valence-electron chi connectivity index (χ0n) is 20.1. The van der Waals surface area contributed by atoms with Crippen molar-refractivity contribution in [2.75, 3.05) is 18.7 Å². The molecule has 3 amide bonds. The molecule has 36 heavy (non-hydrogen) atoms. The Labute approximate surface area is 210 Å². The minimum absolute atomic E-state index is 0.000985. The molecular formula is C26H27N3O6S. The molecule has 2 N–H and O–H groups in total. The molecule has 0 aliphatic carbocycles. The molecule has 1 unspecified atom stereocenters. The van der Waals surface area contributed by atoms with Crippen LogP contribution in [0.15, 0.2) is 71.6 Å². The fourth-order valence-corrected chi connectivity index (χ4v) is 5.11. The van der Waals surface area contributed by atoms with Gasteiger partial charge in [-0.1, -0.05) is 42.5 Å². The molecule has 0 saturated heterocycles. The standard InChI is InChI=1S/C26H27N3O6S/c1-17-9-10-18(2)24(13-17)36(32,33)28-26(31)27-21(14-19-7-5-4-6-8-19)25(30)29(3)20-11-12-22-23(15-20)35-16-34-22/h4-13,15,21H,14,16H2,1-3H3,(H2,27,28,31). The summed E-state index contributed by atoms with van der Waals surface area (Å²) in [6.07, 6.45) is 0.158. The van der Waals surface area contributed by atoms with Crippen molar-refractivity contribution >= 4 is 27.6 Å². The largest absolute Gasteiger partial charge is 0.454 e. The molecule has 9 nitrogen and oxygen atoms in total. The summed E-state index contributed by atoms with van der Waals surface area (Å²) in [5, 5.41) is 2.55. The summed E-state index contributed by atoms with van der Waals surface area (Å²) >= 11 is 0. The Balaban J connectivity index is 1.55. The summed E-state index contributed by atoms with van der Waals surface area (Å²) in [6.45, 7) is 3.51. The minimum atomic E-state index is -4.15. The van der Waals surface area contributed by atoms with Crippen molar-refractivity contribution in [1.29, 1.82) is 0 Å². The van der Waals surface area contributed by atoms with Gasteiger partial charge in [0.05, 0.1) is 4.90 Å². The van der Waals surface area contributed by atoms with Crippen molar-refractivity contribution in [3.8, 4) is 11.5 Å². The zero-order chi connectivity index (χ0) is 25.9. The van der Waals surface area contributed by atoms with Crippen LogP contribution >= 0.6 is 0 Å². The Morgan fingerprint density at radius 2 is 1.69 bits per heavy atom. The van der Waals surface area contributed by atoms with Gasteiger partial charge < -0.3 is 19.7 Å². The molecule has 4 rings (SSSR count). The van der Waals surface area contributed by atoms with E-state index < -0.39 is 28.0 Å². The summed E-state index contributed by atoms with van der Waals surface area (Å²) in [7, 11) is -2.58. The van der Waals surface area contributed by atoms with Gasteiger partial charge in [-0.15, -0.1) is 0 Å². The number of amides is 3. The molecule has 1 heterocycles. The first-order valence-electron chi connectivity index (χ1n) is 11.3. The number of nitrogens with one attached hydrogen (secondary N) is 2. The van der Waals surface area contributed by atoms with E-state index in [9.17, 15) is 18.0 Å². The Morgan fingerprint density at radius 3 is 2.44 bits per heavy atom. The molecule has 0 saturated carbocycles. The van der Waals surface area contributed by atoms with Crippen molar-refractivity contribution < 1.29 is 27.5 Å². The number of urea groups is 1. The number of carbonyl (C=O) groups excluding carboxylic acids is 2. The summed E-state index contributed by atoms with van der Waals surface area (Å²) in [6, 6.07) is 17.1. The molecule has 1 aliphatic rings. The van der Waals surface area contributed by atoms with Gasteiger partial charge in [-0.2, -0.15) is 0 Å². The van der Waals surface area contributed by atoms with Gasteiger partial charge >= 0.3 is 6.03 Å². The fraction of sp³-hybridized carbons (Fsp3) is 0.231. The zero-order valence-corrected chi connectivity index (χ0v) is 21.0. The third-order valence-electron chi connectivity index (χ3n) is 5.82. The molecule has 0 radical (unpaired) electrons. The first-order valence-corrected chi connectivity index (χ1v) is 12.7. The summed E-state index contributed by atoms with van der Waals surface area (Å²) in [5.74, 6) is 0.656. The van der Waals surface area contributed by atoms with E-state index in [1.165, 1.54) is 11.0 Å². The van der Waals surface area contributed by atoms with Crippen molar-refractivity contribution in [2.45, 2.75) is 31.2 Å². The summed E-state index contributed by atoms with van der Waals surface area (Å²) < 4.78 is 38.6. The average molecular weight is 510 g/mol. The van der Waals surface area contributed by atoms with Crippen molar-refractivity contribution in [3.05, 3.63) is 83.4 Å². The Morgan fingerprint density at radius 1 is 0.972 bits per heavy atom. The molecule has 1 aliphatic heterocycles. The smallest absolute Gasteiger partial charge is 0.329 e. The maximum absolute atomic E-state index is 13.5. The second-order valence-corrected chi connectivity index (χ2v) is 10.2. The van der Waals surface area contributed by atoms with E-state index in [1.54, 1.807) is 51.2 Å².